The third kappa shape index (κ3) is 2.76. The predicted molar refractivity (Wildman–Crippen MR) is 84.6 cm³/mol. The summed E-state index contributed by atoms with van der Waals surface area (Å²) in [6.07, 6.45) is 1.03. The molecule has 0 atom stereocenters. The van der Waals surface area contributed by atoms with E-state index in [4.69, 9.17) is 4.98 Å². The van der Waals surface area contributed by atoms with Crippen LogP contribution in [0.2, 0.25) is 0 Å². The van der Waals surface area contributed by atoms with Gasteiger partial charge < -0.3 is 5.32 Å². The summed E-state index contributed by atoms with van der Waals surface area (Å²) in [6.45, 7) is 6.39. The first-order valence-electron chi connectivity index (χ1n) is 6.61. The molecule has 1 aliphatic carbocycles. The van der Waals surface area contributed by atoms with Crippen molar-refractivity contribution in [1.82, 2.24) is 10.3 Å². The highest BCUT2D eigenvalue weighted by molar-refractivity contribution is 9.10. The van der Waals surface area contributed by atoms with Gasteiger partial charge in [-0.25, -0.2) is 4.98 Å². The van der Waals surface area contributed by atoms with Gasteiger partial charge in [0.1, 0.15) is 5.01 Å². The maximum absolute atomic E-state index is 4.80. The molecule has 0 saturated heterocycles. The van der Waals surface area contributed by atoms with Crippen LogP contribution < -0.4 is 5.32 Å². The van der Waals surface area contributed by atoms with Gasteiger partial charge in [-0.1, -0.05) is 35.8 Å². The van der Waals surface area contributed by atoms with Gasteiger partial charge in [-0.05, 0) is 30.2 Å². The number of benzene rings is 1. The third-order valence-corrected chi connectivity index (χ3v) is 4.79. The van der Waals surface area contributed by atoms with Gasteiger partial charge in [-0.3, -0.25) is 0 Å². The van der Waals surface area contributed by atoms with E-state index in [1.54, 1.807) is 0 Å². The quantitative estimate of drug-likeness (QED) is 0.771. The maximum atomic E-state index is 4.80. The fraction of sp³-hybridized carbons (Fsp3) is 0.400. The molecule has 0 radical (unpaired) electrons. The Labute approximate surface area is 126 Å². The topological polar surface area (TPSA) is 24.9 Å². The summed E-state index contributed by atoms with van der Waals surface area (Å²) in [5, 5.41) is 4.67. The number of hydrogen-bond donors (Lipinski definition) is 1. The highest BCUT2D eigenvalue weighted by Crippen LogP contribution is 2.40. The number of rotatable bonds is 4. The van der Waals surface area contributed by atoms with E-state index in [-0.39, 0.29) is 0 Å². The maximum Gasteiger partial charge on any atom is 0.107 e. The van der Waals surface area contributed by atoms with Crippen molar-refractivity contribution < 1.29 is 0 Å². The van der Waals surface area contributed by atoms with E-state index in [0.717, 1.165) is 24.0 Å². The monoisotopic (exact) mass is 336 g/mol. The van der Waals surface area contributed by atoms with Gasteiger partial charge >= 0.3 is 0 Å². The van der Waals surface area contributed by atoms with Gasteiger partial charge in [-0.2, -0.15) is 0 Å². The van der Waals surface area contributed by atoms with Crippen LogP contribution >= 0.6 is 27.3 Å². The van der Waals surface area contributed by atoms with Crippen LogP contribution in [0.1, 0.15) is 29.3 Å². The summed E-state index contributed by atoms with van der Waals surface area (Å²) in [7, 11) is 0. The smallest absolute Gasteiger partial charge is 0.107 e. The molecule has 1 aromatic heterocycles. The molecule has 0 saturated carbocycles. The van der Waals surface area contributed by atoms with Crippen LogP contribution in [-0.2, 0) is 13.0 Å². The molecule has 0 bridgehead atoms. The lowest BCUT2D eigenvalue weighted by molar-refractivity contribution is 0.551. The number of thiazole rings is 1. The lowest BCUT2D eigenvalue weighted by atomic mass is 10.1. The zero-order valence-corrected chi connectivity index (χ0v) is 13.6. The molecular formula is C15H17BrN2S. The second kappa shape index (κ2) is 5.35. The lowest BCUT2D eigenvalue weighted by Crippen LogP contribution is -2.18. The predicted octanol–water partition coefficient (Wildman–Crippen LogP) is 4.22. The summed E-state index contributed by atoms with van der Waals surface area (Å²) >= 11 is 5.38. The Balaban J connectivity index is 1.78. The van der Waals surface area contributed by atoms with Crippen LogP contribution in [0, 0.1) is 5.92 Å². The third-order valence-electron chi connectivity index (χ3n) is 3.24. The molecule has 0 spiro atoms. The second-order valence-corrected chi connectivity index (χ2v) is 7.47. The molecule has 1 heterocycles. The van der Waals surface area contributed by atoms with Crippen LogP contribution in [-0.4, -0.2) is 11.5 Å². The summed E-state index contributed by atoms with van der Waals surface area (Å²) in [5.41, 5.74) is 3.91. The van der Waals surface area contributed by atoms with Crippen LogP contribution in [0.5, 0.6) is 0 Å². The summed E-state index contributed by atoms with van der Waals surface area (Å²) in [4.78, 5) is 6.21. The molecule has 0 fully saturated rings. The van der Waals surface area contributed by atoms with Crippen molar-refractivity contribution in [2.45, 2.75) is 26.8 Å². The lowest BCUT2D eigenvalue weighted by Gasteiger charge is -2.05. The van der Waals surface area contributed by atoms with E-state index in [2.05, 4.69) is 53.3 Å². The molecule has 3 rings (SSSR count). The average Bonchev–Trinajstić information content (AvgIpc) is 2.84. The van der Waals surface area contributed by atoms with E-state index in [9.17, 15) is 0 Å². The van der Waals surface area contributed by atoms with Crippen molar-refractivity contribution in [3.63, 3.8) is 0 Å². The van der Waals surface area contributed by atoms with Gasteiger partial charge in [0.25, 0.3) is 0 Å². The fourth-order valence-electron chi connectivity index (χ4n) is 2.39. The first-order valence-corrected chi connectivity index (χ1v) is 8.22. The standard InChI is InChI=1S/C15H17BrN2S/c1-9(2)7-17-8-14-18-15-12-4-3-11(16)5-10(12)6-13(15)19-14/h3-5,9,17H,6-8H2,1-2H3. The van der Waals surface area contributed by atoms with Crippen LogP contribution in [0.15, 0.2) is 22.7 Å². The van der Waals surface area contributed by atoms with E-state index in [0.29, 0.717) is 5.92 Å². The molecule has 0 unspecified atom stereocenters. The first-order chi connectivity index (χ1) is 9.13. The number of nitrogens with zero attached hydrogens (tertiary/aromatic N) is 1. The zero-order chi connectivity index (χ0) is 13.4. The second-order valence-electron chi connectivity index (χ2n) is 5.38. The van der Waals surface area contributed by atoms with Crippen molar-refractivity contribution in [1.29, 1.82) is 0 Å². The SMILES string of the molecule is CC(C)CNCc1nc2c(s1)Cc1cc(Br)ccc1-2. The molecule has 1 N–H and O–H groups in total. The Hall–Kier alpha value is -0.710. The summed E-state index contributed by atoms with van der Waals surface area (Å²) in [6, 6.07) is 6.49. The number of nitrogens with one attached hydrogen (secondary N) is 1. The first kappa shape index (κ1) is 13.3. The summed E-state index contributed by atoms with van der Waals surface area (Å²) in [5.74, 6) is 0.685. The average molecular weight is 337 g/mol. The van der Waals surface area contributed by atoms with E-state index < -0.39 is 0 Å². The molecule has 100 valence electrons. The number of hydrogen-bond acceptors (Lipinski definition) is 3. The van der Waals surface area contributed by atoms with Gasteiger partial charge in [-0.15, -0.1) is 11.3 Å². The minimum Gasteiger partial charge on any atom is -0.310 e. The molecule has 2 nitrogen and oxygen atoms in total. The van der Waals surface area contributed by atoms with Crippen molar-refractivity contribution in [2.24, 2.45) is 5.92 Å². The van der Waals surface area contributed by atoms with Gasteiger partial charge in [0.05, 0.1) is 5.69 Å². The van der Waals surface area contributed by atoms with Gasteiger partial charge in [0, 0.05) is 27.9 Å². The minimum absolute atomic E-state index is 0.685. The Morgan fingerprint density at radius 1 is 1.42 bits per heavy atom. The normalized spacial score (nSPS) is 12.8. The largest absolute Gasteiger partial charge is 0.310 e. The molecular weight excluding hydrogens is 320 g/mol. The number of fused-ring (bicyclic) bond motifs is 3. The highest BCUT2D eigenvalue weighted by Gasteiger charge is 2.23. The summed E-state index contributed by atoms with van der Waals surface area (Å²) < 4.78 is 1.15. The molecule has 19 heavy (non-hydrogen) atoms. The van der Waals surface area contributed by atoms with Crippen molar-refractivity contribution in [2.75, 3.05) is 6.54 Å². The Morgan fingerprint density at radius 2 is 2.26 bits per heavy atom. The van der Waals surface area contributed by atoms with Gasteiger partial charge in [0.15, 0.2) is 0 Å². The van der Waals surface area contributed by atoms with Crippen molar-refractivity contribution in [3.05, 3.63) is 38.1 Å². The van der Waals surface area contributed by atoms with E-state index >= 15 is 0 Å². The van der Waals surface area contributed by atoms with Crippen LogP contribution in [0.4, 0.5) is 0 Å². The van der Waals surface area contributed by atoms with E-state index in [1.807, 2.05) is 11.3 Å². The number of aromatic nitrogens is 1. The van der Waals surface area contributed by atoms with Crippen LogP contribution in [0.25, 0.3) is 11.3 Å². The molecule has 4 heteroatoms. The van der Waals surface area contributed by atoms with Gasteiger partial charge in [0.2, 0.25) is 0 Å². The van der Waals surface area contributed by atoms with Crippen LogP contribution in [0.3, 0.4) is 0 Å². The minimum atomic E-state index is 0.685. The Kier molecular flexibility index (Phi) is 3.74. The fourth-order valence-corrected chi connectivity index (χ4v) is 3.87. The number of halogens is 1. The zero-order valence-electron chi connectivity index (χ0n) is 11.2. The molecule has 0 amide bonds. The van der Waals surface area contributed by atoms with Crippen molar-refractivity contribution >= 4 is 27.3 Å². The van der Waals surface area contributed by atoms with Crippen molar-refractivity contribution in [3.8, 4) is 11.3 Å². The molecule has 0 aliphatic heterocycles. The molecule has 1 aromatic carbocycles. The van der Waals surface area contributed by atoms with E-state index in [1.165, 1.54) is 26.7 Å². The molecule has 2 aromatic rings. The highest BCUT2D eigenvalue weighted by atomic mass is 79.9. The Bertz CT molecular complexity index is 604. The Morgan fingerprint density at radius 3 is 3.05 bits per heavy atom. The molecule has 1 aliphatic rings.